The molecular formula is C27H49N. The monoisotopic (exact) mass is 387 g/mol. The first-order valence-electron chi connectivity index (χ1n) is 12.0. The molecule has 0 bridgehead atoms. The highest BCUT2D eigenvalue weighted by atomic mass is 15.1. The number of hydrogen-bond acceptors (Lipinski definition) is 1. The molecule has 0 aromatic carbocycles. The van der Waals surface area contributed by atoms with Gasteiger partial charge in [0.15, 0.2) is 0 Å². The van der Waals surface area contributed by atoms with Crippen molar-refractivity contribution in [2.24, 2.45) is 23.7 Å². The summed E-state index contributed by atoms with van der Waals surface area (Å²) in [5.41, 5.74) is 4.39. The van der Waals surface area contributed by atoms with Crippen LogP contribution in [-0.4, -0.2) is 25.0 Å². The van der Waals surface area contributed by atoms with Gasteiger partial charge in [0.25, 0.3) is 0 Å². The molecule has 1 heterocycles. The van der Waals surface area contributed by atoms with Gasteiger partial charge < -0.3 is 4.90 Å². The summed E-state index contributed by atoms with van der Waals surface area (Å²) in [7, 11) is 2.28. The normalized spacial score (nSPS) is 22.8. The Balaban J connectivity index is 2.38. The largest absolute Gasteiger partial charge is 0.305 e. The zero-order chi connectivity index (χ0) is 21.1. The number of unbranched alkanes of at least 4 members (excludes halogenated alkanes) is 2. The first kappa shape index (κ1) is 25.2. The molecule has 0 aliphatic carbocycles. The van der Waals surface area contributed by atoms with Crippen LogP contribution in [-0.2, 0) is 0 Å². The van der Waals surface area contributed by atoms with Crippen molar-refractivity contribution in [3.8, 4) is 0 Å². The Morgan fingerprint density at radius 2 is 1.50 bits per heavy atom. The van der Waals surface area contributed by atoms with Crippen LogP contribution in [0, 0.1) is 23.7 Å². The highest BCUT2D eigenvalue weighted by Gasteiger charge is 2.28. The number of hydrogen-bond donors (Lipinski definition) is 0. The molecule has 1 rings (SSSR count). The average molecular weight is 388 g/mol. The molecule has 1 fully saturated rings. The second kappa shape index (κ2) is 13.4. The lowest BCUT2D eigenvalue weighted by Gasteiger charge is -2.38. The van der Waals surface area contributed by atoms with Crippen LogP contribution in [0.2, 0.25) is 0 Å². The maximum Gasteiger partial charge on any atom is 0.00443 e. The van der Waals surface area contributed by atoms with Gasteiger partial charge in [-0.05, 0) is 69.2 Å². The zero-order valence-electron chi connectivity index (χ0n) is 19.9. The molecule has 0 radical (unpaired) electrons. The van der Waals surface area contributed by atoms with Crippen molar-refractivity contribution in [1.82, 2.24) is 4.90 Å². The molecule has 4 atom stereocenters. The summed E-state index contributed by atoms with van der Waals surface area (Å²) in [6.07, 6.45) is 12.6. The maximum absolute atomic E-state index is 4.52. The van der Waals surface area contributed by atoms with Crippen LogP contribution in [0.1, 0.15) is 91.9 Å². The third kappa shape index (κ3) is 8.68. The predicted molar refractivity (Wildman–Crippen MR) is 128 cm³/mol. The summed E-state index contributed by atoms with van der Waals surface area (Å²) in [4.78, 5) is 2.52. The number of likely N-dealkylation sites (tertiary alicyclic amines) is 1. The first-order chi connectivity index (χ1) is 13.3. The van der Waals surface area contributed by atoms with Crippen LogP contribution in [0.25, 0.3) is 0 Å². The van der Waals surface area contributed by atoms with Crippen molar-refractivity contribution in [1.29, 1.82) is 0 Å². The summed E-state index contributed by atoms with van der Waals surface area (Å²) >= 11 is 0. The van der Waals surface area contributed by atoms with Gasteiger partial charge in [0.05, 0.1) is 0 Å². The van der Waals surface area contributed by atoms with Gasteiger partial charge in [-0.15, -0.1) is 0 Å². The number of rotatable bonds is 14. The van der Waals surface area contributed by atoms with Gasteiger partial charge in [-0.2, -0.15) is 0 Å². The van der Waals surface area contributed by atoms with E-state index in [2.05, 4.69) is 59.4 Å². The SMILES string of the molecule is C=C(CCC(C)C(=C)C(C)CCCC)CCC1CN(C)CC(CCCC)C1=C. The Kier molecular flexibility index (Phi) is 12.1. The molecule has 0 aromatic rings. The Morgan fingerprint density at radius 3 is 2.11 bits per heavy atom. The molecule has 162 valence electrons. The summed E-state index contributed by atoms with van der Waals surface area (Å²) in [6, 6.07) is 0. The molecule has 1 aliphatic rings. The van der Waals surface area contributed by atoms with Crippen LogP contribution in [0.4, 0.5) is 0 Å². The molecule has 0 amide bonds. The highest BCUT2D eigenvalue weighted by molar-refractivity contribution is 5.12. The van der Waals surface area contributed by atoms with Gasteiger partial charge in [0, 0.05) is 13.1 Å². The second-order valence-corrected chi connectivity index (χ2v) is 9.68. The van der Waals surface area contributed by atoms with Crippen LogP contribution in [0.3, 0.4) is 0 Å². The molecule has 1 aliphatic heterocycles. The lowest BCUT2D eigenvalue weighted by molar-refractivity contribution is 0.196. The quantitative estimate of drug-likeness (QED) is 0.272. The van der Waals surface area contributed by atoms with E-state index in [0.29, 0.717) is 23.7 Å². The Morgan fingerprint density at radius 1 is 0.929 bits per heavy atom. The van der Waals surface area contributed by atoms with Crippen molar-refractivity contribution < 1.29 is 0 Å². The van der Waals surface area contributed by atoms with E-state index in [9.17, 15) is 0 Å². The van der Waals surface area contributed by atoms with Crippen LogP contribution in [0.5, 0.6) is 0 Å². The fourth-order valence-electron chi connectivity index (χ4n) is 4.69. The molecule has 4 unspecified atom stereocenters. The zero-order valence-corrected chi connectivity index (χ0v) is 19.9. The molecule has 0 saturated carbocycles. The Bertz CT molecular complexity index is 488. The fourth-order valence-corrected chi connectivity index (χ4v) is 4.69. The van der Waals surface area contributed by atoms with Gasteiger partial charge in [0.1, 0.15) is 0 Å². The number of piperidine rings is 1. The summed E-state index contributed by atoms with van der Waals surface area (Å²) in [5, 5.41) is 0. The van der Waals surface area contributed by atoms with Crippen molar-refractivity contribution in [3.05, 3.63) is 36.5 Å². The van der Waals surface area contributed by atoms with Gasteiger partial charge in [-0.25, -0.2) is 0 Å². The van der Waals surface area contributed by atoms with Crippen molar-refractivity contribution in [2.75, 3.05) is 20.1 Å². The minimum absolute atomic E-state index is 0.609. The average Bonchev–Trinajstić information content (AvgIpc) is 2.68. The standard InChI is InChI=1S/C27H49N/c1-9-11-13-22(4)24(6)23(5)17-15-21(3)16-18-27-20-28(8)19-26(25(27)7)14-12-10-2/h22-23,26-27H,3,6-7,9-20H2,1-2,4-5,8H3. The van der Waals surface area contributed by atoms with E-state index in [1.54, 1.807) is 0 Å². The first-order valence-corrected chi connectivity index (χ1v) is 12.0. The fraction of sp³-hybridized carbons (Fsp3) is 0.778. The molecule has 1 saturated heterocycles. The lowest BCUT2D eigenvalue weighted by Crippen LogP contribution is -2.39. The highest BCUT2D eigenvalue weighted by Crippen LogP contribution is 2.34. The van der Waals surface area contributed by atoms with E-state index < -0.39 is 0 Å². The number of allylic oxidation sites excluding steroid dienone is 2. The molecule has 28 heavy (non-hydrogen) atoms. The third-order valence-corrected chi connectivity index (χ3v) is 7.05. The van der Waals surface area contributed by atoms with Crippen molar-refractivity contribution in [3.63, 3.8) is 0 Å². The molecule has 1 nitrogen and oxygen atoms in total. The molecule has 0 N–H and O–H groups in total. The minimum atomic E-state index is 0.609. The predicted octanol–water partition coefficient (Wildman–Crippen LogP) is 8.05. The third-order valence-electron chi connectivity index (χ3n) is 7.05. The number of nitrogens with zero attached hydrogens (tertiary/aromatic N) is 1. The van der Waals surface area contributed by atoms with Gasteiger partial charge in [-0.1, -0.05) is 89.8 Å². The summed E-state index contributed by atoms with van der Waals surface area (Å²) in [5.74, 6) is 2.62. The van der Waals surface area contributed by atoms with Crippen LogP contribution in [0.15, 0.2) is 36.5 Å². The van der Waals surface area contributed by atoms with Gasteiger partial charge >= 0.3 is 0 Å². The Hall–Kier alpha value is -0.820. The molecule has 0 aromatic heterocycles. The van der Waals surface area contributed by atoms with Gasteiger partial charge in [-0.3, -0.25) is 0 Å². The van der Waals surface area contributed by atoms with E-state index in [-0.39, 0.29) is 0 Å². The summed E-state index contributed by atoms with van der Waals surface area (Å²) < 4.78 is 0. The van der Waals surface area contributed by atoms with E-state index >= 15 is 0 Å². The van der Waals surface area contributed by atoms with E-state index in [4.69, 9.17) is 0 Å². The van der Waals surface area contributed by atoms with Crippen LogP contribution >= 0.6 is 0 Å². The van der Waals surface area contributed by atoms with E-state index in [1.165, 1.54) is 81.2 Å². The van der Waals surface area contributed by atoms with Crippen molar-refractivity contribution in [2.45, 2.75) is 91.9 Å². The lowest BCUT2D eigenvalue weighted by atomic mass is 9.79. The molecule has 1 heteroatoms. The minimum Gasteiger partial charge on any atom is -0.305 e. The Labute approximate surface area is 177 Å². The van der Waals surface area contributed by atoms with Crippen molar-refractivity contribution >= 4 is 0 Å². The van der Waals surface area contributed by atoms with Crippen LogP contribution < -0.4 is 0 Å². The topological polar surface area (TPSA) is 3.24 Å². The summed E-state index contributed by atoms with van der Waals surface area (Å²) in [6.45, 7) is 25.0. The van der Waals surface area contributed by atoms with E-state index in [0.717, 1.165) is 12.8 Å². The molecular weight excluding hydrogens is 338 g/mol. The second-order valence-electron chi connectivity index (χ2n) is 9.68. The van der Waals surface area contributed by atoms with E-state index in [1.807, 2.05) is 0 Å². The molecule has 0 spiro atoms. The maximum atomic E-state index is 4.52. The van der Waals surface area contributed by atoms with Gasteiger partial charge in [0.2, 0.25) is 0 Å². The smallest absolute Gasteiger partial charge is 0.00443 e.